The number of amides is 3. The summed E-state index contributed by atoms with van der Waals surface area (Å²) < 4.78 is 5.08. The fourth-order valence-corrected chi connectivity index (χ4v) is 5.88. The number of rotatable bonds is 4. The number of ether oxygens (including phenoxy) is 1. The molecule has 2 fully saturated rings. The molecule has 3 heterocycles. The molecule has 3 aromatic rings. The number of hydrogen-bond acceptors (Lipinski definition) is 6. The highest BCUT2D eigenvalue weighted by atomic mass is 16.5. The van der Waals surface area contributed by atoms with E-state index in [0.29, 0.717) is 29.1 Å². The Morgan fingerprint density at radius 1 is 0.917 bits per heavy atom. The van der Waals surface area contributed by atoms with Crippen LogP contribution in [-0.4, -0.2) is 29.7 Å². The Kier molecular flexibility index (Phi) is 5.01. The van der Waals surface area contributed by atoms with Gasteiger partial charge in [0.25, 0.3) is 0 Å². The van der Waals surface area contributed by atoms with Crippen LogP contribution in [0.1, 0.15) is 18.1 Å². The van der Waals surface area contributed by atoms with Gasteiger partial charge in [-0.2, -0.15) is 0 Å². The molecule has 0 aliphatic carbocycles. The number of nitrogens with zero attached hydrogens (tertiary/aromatic N) is 1. The maximum absolute atomic E-state index is 14.0. The van der Waals surface area contributed by atoms with Gasteiger partial charge in [0.15, 0.2) is 0 Å². The van der Waals surface area contributed by atoms with Gasteiger partial charge in [0.1, 0.15) is 11.3 Å². The van der Waals surface area contributed by atoms with Crippen molar-refractivity contribution in [3.63, 3.8) is 0 Å². The van der Waals surface area contributed by atoms with Gasteiger partial charge in [-0.3, -0.25) is 24.5 Å². The Labute approximate surface area is 207 Å². The molecule has 3 aliphatic heterocycles. The molecule has 0 saturated carbocycles. The zero-order valence-electron chi connectivity index (χ0n) is 19.4. The second kappa shape index (κ2) is 8.13. The number of carbonyl (C=O) groups excluding carboxylic acids is 4. The molecule has 3 aliphatic rings. The van der Waals surface area contributed by atoms with E-state index >= 15 is 0 Å². The van der Waals surface area contributed by atoms with Crippen molar-refractivity contribution < 1.29 is 23.9 Å². The summed E-state index contributed by atoms with van der Waals surface area (Å²) in [6.45, 7) is 1.30. The zero-order valence-corrected chi connectivity index (χ0v) is 19.4. The molecular weight excluding hydrogens is 458 g/mol. The summed E-state index contributed by atoms with van der Waals surface area (Å²) in [6.07, 6.45) is 0.484. The van der Waals surface area contributed by atoms with Crippen LogP contribution in [-0.2, 0) is 31.1 Å². The van der Waals surface area contributed by atoms with E-state index in [9.17, 15) is 19.2 Å². The molecule has 8 nitrogen and oxygen atoms in total. The van der Waals surface area contributed by atoms with Crippen LogP contribution in [0.2, 0.25) is 0 Å². The number of fused-ring (bicyclic) bond motifs is 4. The van der Waals surface area contributed by atoms with Crippen molar-refractivity contribution in [2.75, 3.05) is 10.2 Å². The highest BCUT2D eigenvalue weighted by molar-refractivity contribution is 6.25. The summed E-state index contributed by atoms with van der Waals surface area (Å²) in [5, 5.41) is 6.36. The number of benzene rings is 3. The second-order valence-electron chi connectivity index (χ2n) is 9.35. The van der Waals surface area contributed by atoms with Gasteiger partial charge in [-0.15, -0.1) is 0 Å². The molecule has 3 amide bonds. The zero-order chi connectivity index (χ0) is 25.0. The van der Waals surface area contributed by atoms with Crippen molar-refractivity contribution in [2.45, 2.75) is 24.9 Å². The predicted molar refractivity (Wildman–Crippen MR) is 131 cm³/mol. The van der Waals surface area contributed by atoms with E-state index in [2.05, 4.69) is 10.6 Å². The fraction of sp³-hybridized carbons (Fsp3) is 0.214. The first kappa shape index (κ1) is 22.2. The summed E-state index contributed by atoms with van der Waals surface area (Å²) in [5.41, 5.74) is 1.34. The topological polar surface area (TPSA) is 105 Å². The predicted octanol–water partition coefficient (Wildman–Crippen LogP) is 2.78. The third-order valence-electron chi connectivity index (χ3n) is 7.28. The lowest BCUT2D eigenvalue weighted by Crippen LogP contribution is -2.53. The SMILES string of the molecule is CC(=O)Oc1ccc(N2C(=O)[C@@H]3[C@H](Cc4ccccc4)N[C@]4(C(=O)Nc5ccccc54)[C@@H]3C2=O)cc1. The summed E-state index contributed by atoms with van der Waals surface area (Å²) in [6, 6.07) is 22.8. The minimum absolute atomic E-state index is 0.315. The largest absolute Gasteiger partial charge is 0.427 e. The lowest BCUT2D eigenvalue weighted by atomic mass is 9.76. The Hall–Kier alpha value is -4.30. The van der Waals surface area contributed by atoms with Gasteiger partial charge in [0.05, 0.1) is 17.5 Å². The molecule has 36 heavy (non-hydrogen) atoms. The Morgan fingerprint density at radius 2 is 1.61 bits per heavy atom. The van der Waals surface area contributed by atoms with E-state index in [1.807, 2.05) is 48.5 Å². The quantitative estimate of drug-likeness (QED) is 0.337. The Balaban J connectivity index is 1.44. The third kappa shape index (κ3) is 3.18. The molecule has 8 heteroatoms. The maximum atomic E-state index is 14.0. The molecule has 2 N–H and O–H groups in total. The highest BCUT2D eigenvalue weighted by Gasteiger charge is 2.70. The molecule has 3 aromatic carbocycles. The number of nitrogens with one attached hydrogen (secondary N) is 2. The Bertz CT molecular complexity index is 1400. The minimum Gasteiger partial charge on any atom is -0.427 e. The van der Waals surface area contributed by atoms with E-state index < -0.39 is 35.3 Å². The van der Waals surface area contributed by atoms with Crippen LogP contribution >= 0.6 is 0 Å². The van der Waals surface area contributed by atoms with Gasteiger partial charge in [-0.05, 0) is 42.3 Å². The van der Waals surface area contributed by atoms with Crippen LogP contribution in [0.25, 0.3) is 0 Å². The summed E-state index contributed by atoms with van der Waals surface area (Å²) in [4.78, 5) is 53.8. The fourth-order valence-electron chi connectivity index (χ4n) is 5.88. The number of imide groups is 1. The summed E-state index contributed by atoms with van der Waals surface area (Å²) in [5.74, 6) is -2.91. The second-order valence-corrected chi connectivity index (χ2v) is 9.35. The van der Waals surface area contributed by atoms with Gasteiger partial charge in [0.2, 0.25) is 17.7 Å². The number of esters is 1. The molecule has 6 rings (SSSR count). The number of anilines is 2. The molecule has 4 atom stereocenters. The van der Waals surface area contributed by atoms with Crippen molar-refractivity contribution in [2.24, 2.45) is 11.8 Å². The van der Waals surface area contributed by atoms with Crippen molar-refractivity contribution in [3.8, 4) is 5.75 Å². The molecular formula is C28H23N3O5. The molecule has 0 bridgehead atoms. The van der Waals surface area contributed by atoms with Crippen LogP contribution in [0.15, 0.2) is 78.9 Å². The molecule has 2 saturated heterocycles. The lowest BCUT2D eigenvalue weighted by Gasteiger charge is -2.29. The van der Waals surface area contributed by atoms with Gasteiger partial charge < -0.3 is 10.1 Å². The number of hydrogen-bond donors (Lipinski definition) is 2. The molecule has 0 radical (unpaired) electrons. The van der Waals surface area contributed by atoms with Crippen LogP contribution in [0.5, 0.6) is 5.75 Å². The average Bonchev–Trinajstić information content (AvgIpc) is 3.44. The standard InChI is InChI=1S/C28H23N3O5/c1-16(32)36-19-13-11-18(12-14-19)31-25(33)23-22(15-17-7-3-2-4-8-17)30-28(24(23)26(31)34)20-9-5-6-10-21(20)29-27(28)35/h2-14,22-24,30H,15H2,1H3,(H,29,35)/t22-,23+,24-,28-/m0/s1. The average molecular weight is 482 g/mol. The first-order valence-electron chi connectivity index (χ1n) is 11.8. The third-order valence-corrected chi connectivity index (χ3v) is 7.28. The molecule has 0 unspecified atom stereocenters. The monoisotopic (exact) mass is 481 g/mol. The Morgan fingerprint density at radius 3 is 2.33 bits per heavy atom. The maximum Gasteiger partial charge on any atom is 0.308 e. The van der Waals surface area contributed by atoms with Gasteiger partial charge in [0, 0.05) is 24.2 Å². The number of para-hydroxylation sites is 1. The number of carbonyl (C=O) groups is 4. The van der Waals surface area contributed by atoms with Crippen LogP contribution < -0.4 is 20.3 Å². The normalized spacial score (nSPS) is 26.2. The van der Waals surface area contributed by atoms with Crippen LogP contribution in [0.4, 0.5) is 11.4 Å². The first-order chi connectivity index (χ1) is 17.4. The van der Waals surface area contributed by atoms with Crippen molar-refractivity contribution in [1.82, 2.24) is 5.32 Å². The smallest absolute Gasteiger partial charge is 0.308 e. The lowest BCUT2D eigenvalue weighted by molar-refractivity contribution is -0.132. The van der Waals surface area contributed by atoms with Crippen LogP contribution in [0.3, 0.4) is 0 Å². The van der Waals surface area contributed by atoms with Crippen molar-refractivity contribution >= 4 is 35.1 Å². The molecule has 1 spiro atoms. The molecule has 0 aromatic heterocycles. The van der Waals surface area contributed by atoms with E-state index in [4.69, 9.17) is 4.74 Å². The highest BCUT2D eigenvalue weighted by Crippen LogP contribution is 2.53. The minimum atomic E-state index is -1.35. The van der Waals surface area contributed by atoms with E-state index in [0.717, 1.165) is 5.56 Å². The van der Waals surface area contributed by atoms with Gasteiger partial charge in [-0.1, -0.05) is 48.5 Å². The molecule has 180 valence electrons. The van der Waals surface area contributed by atoms with Crippen molar-refractivity contribution in [3.05, 3.63) is 90.0 Å². The first-order valence-corrected chi connectivity index (χ1v) is 11.8. The van der Waals surface area contributed by atoms with E-state index in [-0.39, 0.29) is 11.8 Å². The van der Waals surface area contributed by atoms with Crippen molar-refractivity contribution in [1.29, 1.82) is 0 Å². The summed E-state index contributed by atoms with van der Waals surface area (Å²) >= 11 is 0. The van der Waals surface area contributed by atoms with Gasteiger partial charge >= 0.3 is 5.97 Å². The van der Waals surface area contributed by atoms with Crippen LogP contribution in [0, 0.1) is 11.8 Å². The summed E-state index contributed by atoms with van der Waals surface area (Å²) in [7, 11) is 0. The van der Waals surface area contributed by atoms with E-state index in [1.54, 1.807) is 30.3 Å². The van der Waals surface area contributed by atoms with E-state index in [1.165, 1.54) is 11.8 Å². The van der Waals surface area contributed by atoms with Gasteiger partial charge in [-0.25, -0.2) is 4.90 Å².